The second-order valence-electron chi connectivity index (χ2n) is 3.78. The van der Waals surface area contributed by atoms with Crippen LogP contribution in [0.5, 0.6) is 17.2 Å². The van der Waals surface area contributed by atoms with Crippen LogP contribution < -0.4 is 4.74 Å². The fourth-order valence-electron chi connectivity index (χ4n) is 1.63. The Kier molecular flexibility index (Phi) is 3.52. The van der Waals surface area contributed by atoms with Crippen LogP contribution in [-0.2, 0) is 0 Å². The highest BCUT2D eigenvalue weighted by molar-refractivity contribution is 5.91. The molecule has 0 atom stereocenters. The van der Waals surface area contributed by atoms with E-state index in [-0.39, 0.29) is 17.1 Å². The van der Waals surface area contributed by atoms with Gasteiger partial charge in [-0.25, -0.2) is 4.79 Å². The number of carbonyl (C=O) groups is 1. The number of carboxylic acids is 1. The first-order chi connectivity index (χ1) is 9.50. The number of nitrogens with zero attached hydrogens (tertiary/aromatic N) is 1. The van der Waals surface area contributed by atoms with Gasteiger partial charge in [-0.05, 0) is 24.3 Å². The summed E-state index contributed by atoms with van der Waals surface area (Å²) in [4.78, 5) is 21.1. The zero-order chi connectivity index (χ0) is 14.7. The van der Waals surface area contributed by atoms with Crippen LogP contribution in [0.25, 0.3) is 0 Å². The molecule has 0 aliphatic carbocycles. The lowest BCUT2D eigenvalue weighted by atomic mass is 10.2. The Bertz CT molecular complexity index is 682. The number of aromatic carboxylic acids is 1. The summed E-state index contributed by atoms with van der Waals surface area (Å²) >= 11 is 0. The molecule has 0 aromatic heterocycles. The molecule has 2 aromatic rings. The molecule has 102 valence electrons. The topological polar surface area (TPSA) is 110 Å². The number of hydrogen-bond donors (Lipinski definition) is 2. The summed E-state index contributed by atoms with van der Waals surface area (Å²) in [6.07, 6.45) is 0. The summed E-state index contributed by atoms with van der Waals surface area (Å²) in [5.41, 5.74) is -0.752. The van der Waals surface area contributed by atoms with E-state index in [1.807, 2.05) is 0 Å². The number of rotatable bonds is 4. The molecule has 7 nitrogen and oxygen atoms in total. The van der Waals surface area contributed by atoms with Crippen molar-refractivity contribution >= 4 is 11.7 Å². The number of aromatic hydroxyl groups is 1. The van der Waals surface area contributed by atoms with Crippen molar-refractivity contribution in [3.63, 3.8) is 0 Å². The van der Waals surface area contributed by atoms with Crippen LogP contribution in [0.1, 0.15) is 10.4 Å². The van der Waals surface area contributed by atoms with Crippen LogP contribution in [0.2, 0.25) is 0 Å². The minimum atomic E-state index is -1.22. The van der Waals surface area contributed by atoms with Gasteiger partial charge in [0.05, 0.1) is 4.92 Å². The van der Waals surface area contributed by atoms with E-state index in [9.17, 15) is 20.0 Å². The maximum atomic E-state index is 11.0. The first-order valence-corrected chi connectivity index (χ1v) is 5.47. The summed E-state index contributed by atoms with van der Waals surface area (Å²) < 4.78 is 5.26. The average Bonchev–Trinajstić information content (AvgIpc) is 2.38. The van der Waals surface area contributed by atoms with Crippen molar-refractivity contribution in [3.05, 3.63) is 58.1 Å². The molecule has 0 saturated heterocycles. The van der Waals surface area contributed by atoms with Crippen molar-refractivity contribution in [2.45, 2.75) is 0 Å². The SMILES string of the molecule is O=C(O)c1ccccc1Oc1cccc(O)c1[N+](=O)[O-]. The molecule has 0 radical (unpaired) electrons. The average molecular weight is 275 g/mol. The van der Waals surface area contributed by atoms with Crippen molar-refractivity contribution < 1.29 is 24.7 Å². The third-order valence-corrected chi connectivity index (χ3v) is 2.50. The molecular formula is C13H9NO6. The van der Waals surface area contributed by atoms with E-state index < -0.39 is 22.3 Å². The van der Waals surface area contributed by atoms with E-state index in [4.69, 9.17) is 9.84 Å². The molecule has 0 fully saturated rings. The Morgan fingerprint density at radius 1 is 1.10 bits per heavy atom. The first kappa shape index (κ1) is 13.3. The smallest absolute Gasteiger partial charge is 0.352 e. The fourth-order valence-corrected chi connectivity index (χ4v) is 1.63. The van der Waals surface area contributed by atoms with Gasteiger partial charge >= 0.3 is 11.7 Å². The molecule has 0 unspecified atom stereocenters. The molecule has 0 heterocycles. The van der Waals surface area contributed by atoms with Crippen molar-refractivity contribution in [3.8, 4) is 17.2 Å². The van der Waals surface area contributed by atoms with Gasteiger partial charge in [0.25, 0.3) is 0 Å². The van der Waals surface area contributed by atoms with Crippen molar-refractivity contribution in [1.29, 1.82) is 0 Å². The van der Waals surface area contributed by atoms with Crippen molar-refractivity contribution in [2.24, 2.45) is 0 Å². The second-order valence-corrected chi connectivity index (χ2v) is 3.78. The van der Waals surface area contributed by atoms with E-state index in [1.165, 1.54) is 36.4 Å². The molecule has 2 rings (SSSR count). The predicted octanol–water partition coefficient (Wildman–Crippen LogP) is 2.79. The molecular weight excluding hydrogens is 266 g/mol. The lowest BCUT2D eigenvalue weighted by Crippen LogP contribution is -2.01. The van der Waals surface area contributed by atoms with E-state index in [0.717, 1.165) is 6.07 Å². The zero-order valence-electron chi connectivity index (χ0n) is 10.0. The largest absolute Gasteiger partial charge is 0.502 e. The Hall–Kier alpha value is -3.09. The molecule has 0 aliphatic heterocycles. The van der Waals surface area contributed by atoms with E-state index >= 15 is 0 Å². The lowest BCUT2D eigenvalue weighted by molar-refractivity contribution is -0.386. The molecule has 0 spiro atoms. The number of para-hydroxylation sites is 2. The normalized spacial score (nSPS) is 10.0. The molecule has 0 bridgehead atoms. The number of carboxylic acid groups (broad SMARTS) is 1. The second kappa shape index (κ2) is 5.27. The molecule has 0 aliphatic rings. The first-order valence-electron chi connectivity index (χ1n) is 5.47. The number of nitro benzene ring substituents is 1. The number of nitro groups is 1. The summed E-state index contributed by atoms with van der Waals surface area (Å²) in [6.45, 7) is 0. The van der Waals surface area contributed by atoms with E-state index in [1.54, 1.807) is 0 Å². The quantitative estimate of drug-likeness (QED) is 0.655. The Morgan fingerprint density at radius 3 is 2.40 bits per heavy atom. The lowest BCUT2D eigenvalue weighted by Gasteiger charge is -2.09. The van der Waals surface area contributed by atoms with Gasteiger partial charge < -0.3 is 14.9 Å². The van der Waals surface area contributed by atoms with Gasteiger partial charge in [-0.3, -0.25) is 10.1 Å². The summed E-state index contributed by atoms with van der Waals surface area (Å²) in [6, 6.07) is 9.51. The summed E-state index contributed by atoms with van der Waals surface area (Å²) in [5.74, 6) is -2.05. The molecule has 2 aromatic carbocycles. The van der Waals surface area contributed by atoms with Crippen LogP contribution in [0.15, 0.2) is 42.5 Å². The number of phenols is 1. The summed E-state index contributed by atoms with van der Waals surface area (Å²) in [5, 5.41) is 29.4. The number of hydrogen-bond acceptors (Lipinski definition) is 5. The number of phenolic OH excluding ortho intramolecular Hbond substituents is 1. The highest BCUT2D eigenvalue weighted by Crippen LogP contribution is 2.38. The van der Waals surface area contributed by atoms with Gasteiger partial charge in [0.2, 0.25) is 5.75 Å². The molecule has 0 saturated carbocycles. The van der Waals surface area contributed by atoms with Crippen LogP contribution in [0, 0.1) is 10.1 Å². The molecule has 20 heavy (non-hydrogen) atoms. The van der Waals surface area contributed by atoms with Crippen LogP contribution >= 0.6 is 0 Å². The highest BCUT2D eigenvalue weighted by Gasteiger charge is 2.22. The van der Waals surface area contributed by atoms with Crippen molar-refractivity contribution in [2.75, 3.05) is 0 Å². The Morgan fingerprint density at radius 2 is 1.75 bits per heavy atom. The van der Waals surface area contributed by atoms with Crippen molar-refractivity contribution in [1.82, 2.24) is 0 Å². The fraction of sp³-hybridized carbons (Fsp3) is 0. The standard InChI is InChI=1S/C13H9NO6/c15-9-5-3-7-11(12(9)14(18)19)20-10-6-2-1-4-8(10)13(16)17/h1-7,15H,(H,16,17). The Balaban J connectivity index is 2.49. The minimum Gasteiger partial charge on any atom is -0.502 e. The van der Waals surface area contributed by atoms with Crippen LogP contribution in [0.4, 0.5) is 5.69 Å². The number of ether oxygens (including phenoxy) is 1. The Labute approximate surface area is 112 Å². The van der Waals surface area contributed by atoms with Gasteiger partial charge in [0.1, 0.15) is 11.3 Å². The molecule has 7 heteroatoms. The number of benzene rings is 2. The van der Waals surface area contributed by atoms with Crippen LogP contribution in [0.3, 0.4) is 0 Å². The predicted molar refractivity (Wildman–Crippen MR) is 68.2 cm³/mol. The van der Waals surface area contributed by atoms with Crippen LogP contribution in [-0.4, -0.2) is 21.1 Å². The third-order valence-electron chi connectivity index (χ3n) is 2.50. The summed E-state index contributed by atoms with van der Waals surface area (Å²) in [7, 11) is 0. The third kappa shape index (κ3) is 2.51. The van der Waals surface area contributed by atoms with E-state index in [0.29, 0.717) is 0 Å². The zero-order valence-corrected chi connectivity index (χ0v) is 10.0. The monoisotopic (exact) mass is 275 g/mol. The minimum absolute atomic E-state index is 0.0475. The van der Waals surface area contributed by atoms with Gasteiger partial charge in [-0.2, -0.15) is 0 Å². The maximum absolute atomic E-state index is 11.0. The van der Waals surface area contributed by atoms with Gasteiger partial charge in [0, 0.05) is 0 Å². The highest BCUT2D eigenvalue weighted by atomic mass is 16.6. The van der Waals surface area contributed by atoms with Gasteiger partial charge in [-0.1, -0.05) is 18.2 Å². The molecule has 2 N–H and O–H groups in total. The van der Waals surface area contributed by atoms with Gasteiger partial charge in [0.15, 0.2) is 5.75 Å². The van der Waals surface area contributed by atoms with Gasteiger partial charge in [-0.15, -0.1) is 0 Å². The maximum Gasteiger partial charge on any atom is 0.352 e. The molecule has 0 amide bonds. The van der Waals surface area contributed by atoms with E-state index in [2.05, 4.69) is 0 Å².